The molecule has 0 amide bonds. The van der Waals surface area contributed by atoms with Crippen molar-refractivity contribution in [1.29, 1.82) is 0 Å². The average Bonchev–Trinajstić information content (AvgIpc) is 2.68. The summed E-state index contributed by atoms with van der Waals surface area (Å²) in [5.74, 6) is 1.08. The maximum absolute atomic E-state index is 11.5. The molecule has 0 radical (unpaired) electrons. The predicted octanol–water partition coefficient (Wildman–Crippen LogP) is 3.77. The SMILES string of the molecule is COC(=O)c1ccc(Nc2cc(N(C)c3ccccc3)ncn2)cc1. The van der Waals surface area contributed by atoms with Gasteiger partial charge in [0.15, 0.2) is 0 Å². The molecule has 126 valence electrons. The third-order valence-corrected chi connectivity index (χ3v) is 3.72. The molecule has 0 saturated carbocycles. The van der Waals surface area contributed by atoms with E-state index >= 15 is 0 Å². The largest absolute Gasteiger partial charge is 0.465 e. The van der Waals surface area contributed by atoms with Gasteiger partial charge in [-0.1, -0.05) is 18.2 Å². The normalized spacial score (nSPS) is 10.2. The molecule has 3 aromatic rings. The van der Waals surface area contributed by atoms with Gasteiger partial charge in [0.2, 0.25) is 0 Å². The molecule has 6 nitrogen and oxygen atoms in total. The van der Waals surface area contributed by atoms with Crippen molar-refractivity contribution in [1.82, 2.24) is 9.97 Å². The molecule has 1 aromatic heterocycles. The van der Waals surface area contributed by atoms with Crippen LogP contribution in [0.15, 0.2) is 67.0 Å². The quantitative estimate of drug-likeness (QED) is 0.716. The summed E-state index contributed by atoms with van der Waals surface area (Å²) in [5.41, 5.74) is 2.36. The molecule has 25 heavy (non-hydrogen) atoms. The smallest absolute Gasteiger partial charge is 0.337 e. The molecule has 0 saturated heterocycles. The first-order valence-electron chi connectivity index (χ1n) is 7.73. The van der Waals surface area contributed by atoms with Crippen molar-refractivity contribution in [3.05, 3.63) is 72.6 Å². The first kappa shape index (κ1) is 16.4. The van der Waals surface area contributed by atoms with Crippen LogP contribution in [0.25, 0.3) is 0 Å². The number of hydrogen-bond acceptors (Lipinski definition) is 6. The second kappa shape index (κ2) is 7.44. The Balaban J connectivity index is 1.77. The van der Waals surface area contributed by atoms with Gasteiger partial charge in [0.1, 0.15) is 18.0 Å². The molecule has 2 aromatic carbocycles. The fraction of sp³-hybridized carbons (Fsp3) is 0.105. The van der Waals surface area contributed by atoms with Gasteiger partial charge in [0.25, 0.3) is 0 Å². The van der Waals surface area contributed by atoms with E-state index in [-0.39, 0.29) is 5.97 Å². The van der Waals surface area contributed by atoms with Crippen LogP contribution < -0.4 is 10.2 Å². The molecule has 0 bridgehead atoms. The lowest BCUT2D eigenvalue weighted by Crippen LogP contribution is -2.11. The van der Waals surface area contributed by atoms with Gasteiger partial charge in [-0.05, 0) is 36.4 Å². The number of benzene rings is 2. The van der Waals surface area contributed by atoms with Gasteiger partial charge < -0.3 is 15.0 Å². The van der Waals surface area contributed by atoms with Crippen molar-refractivity contribution in [2.45, 2.75) is 0 Å². The highest BCUT2D eigenvalue weighted by atomic mass is 16.5. The number of nitrogens with zero attached hydrogens (tertiary/aromatic N) is 3. The van der Waals surface area contributed by atoms with E-state index in [4.69, 9.17) is 4.74 Å². The van der Waals surface area contributed by atoms with E-state index in [1.54, 1.807) is 24.3 Å². The Labute approximate surface area is 146 Å². The maximum Gasteiger partial charge on any atom is 0.337 e. The number of anilines is 4. The summed E-state index contributed by atoms with van der Waals surface area (Å²) in [5, 5.41) is 3.20. The molecular weight excluding hydrogens is 316 g/mol. The van der Waals surface area contributed by atoms with E-state index < -0.39 is 0 Å². The summed E-state index contributed by atoms with van der Waals surface area (Å²) in [4.78, 5) is 22.0. The van der Waals surface area contributed by atoms with Gasteiger partial charge in [0, 0.05) is 24.5 Å². The highest BCUT2D eigenvalue weighted by Crippen LogP contribution is 2.23. The molecule has 0 spiro atoms. The van der Waals surface area contributed by atoms with Crippen LogP contribution in [-0.2, 0) is 4.74 Å². The molecular formula is C19H18N4O2. The molecule has 0 unspecified atom stereocenters. The Morgan fingerprint density at radius 2 is 1.76 bits per heavy atom. The van der Waals surface area contributed by atoms with Crippen LogP contribution in [0, 0.1) is 0 Å². The fourth-order valence-electron chi connectivity index (χ4n) is 2.34. The molecule has 1 heterocycles. The summed E-state index contributed by atoms with van der Waals surface area (Å²) in [6, 6.07) is 18.8. The van der Waals surface area contributed by atoms with Crippen LogP contribution in [0.1, 0.15) is 10.4 Å². The Kier molecular flexibility index (Phi) is 4.89. The van der Waals surface area contributed by atoms with E-state index in [0.29, 0.717) is 11.4 Å². The summed E-state index contributed by atoms with van der Waals surface area (Å²) in [6.45, 7) is 0. The van der Waals surface area contributed by atoms with Crippen LogP contribution in [-0.4, -0.2) is 30.1 Å². The molecule has 1 N–H and O–H groups in total. The van der Waals surface area contributed by atoms with Gasteiger partial charge >= 0.3 is 5.97 Å². The average molecular weight is 334 g/mol. The summed E-state index contributed by atoms with van der Waals surface area (Å²) in [6.07, 6.45) is 1.51. The monoisotopic (exact) mass is 334 g/mol. The standard InChI is InChI=1S/C19H18N4O2/c1-23(16-6-4-3-5-7-16)18-12-17(20-13-21-18)22-15-10-8-14(9-11-15)19(24)25-2/h3-13H,1-2H3,(H,20,21,22). The number of carbonyl (C=O) groups excluding carboxylic acids is 1. The minimum Gasteiger partial charge on any atom is -0.465 e. The second-order valence-electron chi connectivity index (χ2n) is 5.35. The number of hydrogen-bond donors (Lipinski definition) is 1. The van der Waals surface area contributed by atoms with E-state index in [2.05, 4.69) is 15.3 Å². The van der Waals surface area contributed by atoms with Gasteiger partial charge in [-0.2, -0.15) is 0 Å². The Morgan fingerprint density at radius 3 is 2.44 bits per heavy atom. The zero-order chi connectivity index (χ0) is 17.6. The Morgan fingerprint density at radius 1 is 1.04 bits per heavy atom. The second-order valence-corrected chi connectivity index (χ2v) is 5.35. The van der Waals surface area contributed by atoms with Crippen molar-refractivity contribution in [2.24, 2.45) is 0 Å². The number of rotatable bonds is 5. The third-order valence-electron chi connectivity index (χ3n) is 3.72. The minimum absolute atomic E-state index is 0.361. The van der Waals surface area contributed by atoms with Crippen molar-refractivity contribution in [2.75, 3.05) is 24.4 Å². The first-order valence-corrected chi connectivity index (χ1v) is 7.73. The lowest BCUT2D eigenvalue weighted by atomic mass is 10.2. The maximum atomic E-state index is 11.5. The molecule has 0 atom stereocenters. The van der Waals surface area contributed by atoms with Crippen molar-refractivity contribution in [3.8, 4) is 0 Å². The predicted molar refractivity (Wildman–Crippen MR) is 97.6 cm³/mol. The van der Waals surface area contributed by atoms with Crippen molar-refractivity contribution < 1.29 is 9.53 Å². The molecule has 0 aliphatic heterocycles. The molecule has 0 aliphatic carbocycles. The molecule has 6 heteroatoms. The van der Waals surface area contributed by atoms with Gasteiger partial charge in [-0.3, -0.25) is 0 Å². The molecule has 3 rings (SSSR count). The number of esters is 1. The molecule has 0 aliphatic rings. The van der Waals surface area contributed by atoms with Crippen molar-refractivity contribution >= 4 is 29.0 Å². The highest BCUT2D eigenvalue weighted by molar-refractivity contribution is 5.89. The first-order chi connectivity index (χ1) is 12.2. The third kappa shape index (κ3) is 3.92. The Bertz CT molecular complexity index is 851. The van der Waals surface area contributed by atoms with Crippen LogP contribution in [0.4, 0.5) is 23.0 Å². The Hall–Kier alpha value is -3.41. The van der Waals surface area contributed by atoms with Crippen LogP contribution >= 0.6 is 0 Å². The van der Waals surface area contributed by atoms with Crippen LogP contribution in [0.2, 0.25) is 0 Å². The van der Waals surface area contributed by atoms with E-state index in [1.807, 2.05) is 48.3 Å². The fourth-order valence-corrected chi connectivity index (χ4v) is 2.34. The number of para-hydroxylation sites is 1. The minimum atomic E-state index is -0.361. The highest BCUT2D eigenvalue weighted by Gasteiger charge is 2.08. The topological polar surface area (TPSA) is 67.3 Å². The van der Waals surface area contributed by atoms with Gasteiger partial charge in [-0.15, -0.1) is 0 Å². The van der Waals surface area contributed by atoms with Crippen LogP contribution in [0.5, 0.6) is 0 Å². The lowest BCUT2D eigenvalue weighted by Gasteiger charge is -2.18. The summed E-state index contributed by atoms with van der Waals surface area (Å²) >= 11 is 0. The number of carbonyl (C=O) groups is 1. The molecule has 0 fully saturated rings. The lowest BCUT2D eigenvalue weighted by molar-refractivity contribution is 0.0601. The number of methoxy groups -OCH3 is 1. The van der Waals surface area contributed by atoms with E-state index in [0.717, 1.165) is 17.2 Å². The van der Waals surface area contributed by atoms with Crippen LogP contribution in [0.3, 0.4) is 0 Å². The zero-order valence-corrected chi connectivity index (χ0v) is 14.0. The number of aromatic nitrogens is 2. The van der Waals surface area contributed by atoms with Gasteiger partial charge in [0.05, 0.1) is 12.7 Å². The van der Waals surface area contributed by atoms with Crippen molar-refractivity contribution in [3.63, 3.8) is 0 Å². The van der Waals surface area contributed by atoms with Gasteiger partial charge in [-0.25, -0.2) is 14.8 Å². The van der Waals surface area contributed by atoms with E-state index in [1.165, 1.54) is 13.4 Å². The number of nitrogens with one attached hydrogen (secondary N) is 1. The summed E-state index contributed by atoms with van der Waals surface area (Å²) in [7, 11) is 3.31. The summed E-state index contributed by atoms with van der Waals surface area (Å²) < 4.78 is 4.69. The van der Waals surface area contributed by atoms with E-state index in [9.17, 15) is 4.79 Å². The zero-order valence-electron chi connectivity index (χ0n) is 14.0. The number of ether oxygens (including phenoxy) is 1.